The van der Waals surface area contributed by atoms with E-state index in [1.807, 2.05) is 0 Å². The molecule has 0 fully saturated rings. The summed E-state index contributed by atoms with van der Waals surface area (Å²) in [5.41, 5.74) is 7.62. The van der Waals surface area contributed by atoms with Crippen LogP contribution in [-0.2, 0) is 10.0 Å². The van der Waals surface area contributed by atoms with E-state index in [0.717, 1.165) is 0 Å². The summed E-state index contributed by atoms with van der Waals surface area (Å²) >= 11 is 0. The molecule has 7 heteroatoms. The number of nitrogens with zero attached hydrogens (tertiary/aromatic N) is 1. The molecule has 0 aliphatic rings. The zero-order valence-electron chi connectivity index (χ0n) is 14.6. The molecule has 25 heavy (non-hydrogen) atoms. The molecule has 0 saturated heterocycles. The van der Waals surface area contributed by atoms with Crippen molar-refractivity contribution in [3.05, 3.63) is 53.6 Å². The summed E-state index contributed by atoms with van der Waals surface area (Å²) in [7, 11) is -3.64. The summed E-state index contributed by atoms with van der Waals surface area (Å²) in [6.45, 7) is 6.02. The lowest BCUT2D eigenvalue weighted by Crippen LogP contribution is -2.31. The Labute approximate surface area is 148 Å². The Morgan fingerprint density at radius 3 is 2.36 bits per heavy atom. The molecule has 0 heterocycles. The highest BCUT2D eigenvalue weighted by Crippen LogP contribution is 2.23. The first kappa shape index (κ1) is 19.0. The number of nitrogens with two attached hydrogens (primary N) is 1. The second-order valence-electron chi connectivity index (χ2n) is 5.61. The Balaban J connectivity index is 2.39. The summed E-state index contributed by atoms with van der Waals surface area (Å²) < 4.78 is 26.9. The van der Waals surface area contributed by atoms with Gasteiger partial charge in [0.2, 0.25) is 10.0 Å². The minimum atomic E-state index is -3.64. The highest BCUT2D eigenvalue weighted by Gasteiger charge is 2.24. The van der Waals surface area contributed by atoms with E-state index in [9.17, 15) is 13.2 Å². The number of para-hydroxylation sites is 2. The zero-order chi connectivity index (χ0) is 18.6. The van der Waals surface area contributed by atoms with Gasteiger partial charge in [-0.25, -0.2) is 8.42 Å². The summed E-state index contributed by atoms with van der Waals surface area (Å²) in [5, 5.41) is 2.71. The summed E-state index contributed by atoms with van der Waals surface area (Å²) in [5.74, 6) is -0.408. The fourth-order valence-corrected chi connectivity index (χ4v) is 4.24. The summed E-state index contributed by atoms with van der Waals surface area (Å²) in [6, 6.07) is 11.6. The smallest absolute Gasteiger partial charge is 0.255 e. The Hall–Kier alpha value is -2.38. The van der Waals surface area contributed by atoms with E-state index in [2.05, 4.69) is 5.32 Å². The number of nitrogen functional groups attached to an aromatic ring is 1. The van der Waals surface area contributed by atoms with E-state index in [-0.39, 0.29) is 10.5 Å². The van der Waals surface area contributed by atoms with Gasteiger partial charge in [0.15, 0.2) is 0 Å². The van der Waals surface area contributed by atoms with E-state index >= 15 is 0 Å². The van der Waals surface area contributed by atoms with Gasteiger partial charge in [-0.3, -0.25) is 4.79 Å². The van der Waals surface area contributed by atoms with Gasteiger partial charge in [-0.15, -0.1) is 0 Å². The molecule has 0 aromatic heterocycles. The highest BCUT2D eigenvalue weighted by molar-refractivity contribution is 7.89. The van der Waals surface area contributed by atoms with Crippen molar-refractivity contribution in [2.75, 3.05) is 24.1 Å². The number of benzene rings is 2. The maximum atomic E-state index is 12.8. The van der Waals surface area contributed by atoms with Crippen molar-refractivity contribution in [1.82, 2.24) is 4.31 Å². The van der Waals surface area contributed by atoms with Crippen molar-refractivity contribution in [1.29, 1.82) is 0 Å². The van der Waals surface area contributed by atoms with Gasteiger partial charge in [0.05, 0.1) is 16.3 Å². The number of anilines is 2. The molecule has 2 rings (SSSR count). The van der Waals surface area contributed by atoms with Gasteiger partial charge in [0, 0.05) is 18.7 Å². The molecule has 0 aliphatic carbocycles. The third-order valence-electron chi connectivity index (χ3n) is 3.98. The van der Waals surface area contributed by atoms with E-state index in [1.54, 1.807) is 57.2 Å². The molecule has 0 saturated carbocycles. The number of hydrogen-bond acceptors (Lipinski definition) is 4. The lowest BCUT2D eigenvalue weighted by molar-refractivity contribution is 0.102. The first-order chi connectivity index (χ1) is 11.8. The van der Waals surface area contributed by atoms with Crippen molar-refractivity contribution >= 4 is 27.3 Å². The topological polar surface area (TPSA) is 92.5 Å². The molecule has 0 spiro atoms. The quantitative estimate of drug-likeness (QED) is 0.774. The van der Waals surface area contributed by atoms with Crippen molar-refractivity contribution in [3.8, 4) is 0 Å². The minimum absolute atomic E-state index is 0.143. The number of aryl methyl sites for hydroxylation is 1. The molecule has 0 radical (unpaired) electrons. The van der Waals surface area contributed by atoms with Crippen LogP contribution in [0, 0.1) is 6.92 Å². The van der Waals surface area contributed by atoms with Crippen molar-refractivity contribution in [2.45, 2.75) is 25.7 Å². The Morgan fingerprint density at radius 2 is 1.76 bits per heavy atom. The lowest BCUT2D eigenvalue weighted by Gasteiger charge is -2.20. The minimum Gasteiger partial charge on any atom is -0.397 e. The largest absolute Gasteiger partial charge is 0.397 e. The number of nitrogens with one attached hydrogen (secondary N) is 1. The van der Waals surface area contributed by atoms with Crippen molar-refractivity contribution < 1.29 is 13.2 Å². The standard InChI is InChI=1S/C18H23N3O3S/c1-4-21(5-2)25(23,24)17-12-14(11-10-13(17)3)18(22)20-16-9-7-6-8-15(16)19/h6-12H,4-5,19H2,1-3H3,(H,20,22). The molecular formula is C18H23N3O3S. The number of sulfonamides is 1. The molecular weight excluding hydrogens is 338 g/mol. The summed E-state index contributed by atoms with van der Waals surface area (Å²) in [6.07, 6.45) is 0. The fourth-order valence-electron chi connectivity index (χ4n) is 2.53. The second kappa shape index (κ2) is 7.67. The highest BCUT2D eigenvalue weighted by atomic mass is 32.2. The average molecular weight is 361 g/mol. The van der Waals surface area contributed by atoms with Gasteiger partial charge in [0.1, 0.15) is 0 Å². The van der Waals surface area contributed by atoms with Crippen LogP contribution < -0.4 is 11.1 Å². The monoisotopic (exact) mass is 361 g/mol. The predicted molar refractivity (Wildman–Crippen MR) is 100 cm³/mol. The summed E-state index contributed by atoms with van der Waals surface area (Å²) in [4.78, 5) is 12.6. The van der Waals surface area contributed by atoms with Gasteiger partial charge in [-0.2, -0.15) is 4.31 Å². The maximum Gasteiger partial charge on any atom is 0.255 e. The van der Waals surface area contributed by atoms with Gasteiger partial charge >= 0.3 is 0 Å². The number of amides is 1. The van der Waals surface area contributed by atoms with E-state index in [1.165, 1.54) is 10.4 Å². The van der Waals surface area contributed by atoms with Crippen molar-refractivity contribution in [2.24, 2.45) is 0 Å². The predicted octanol–water partition coefficient (Wildman–Crippen LogP) is 2.86. The fraction of sp³-hybridized carbons (Fsp3) is 0.278. The number of rotatable bonds is 6. The average Bonchev–Trinajstić information content (AvgIpc) is 2.58. The van der Waals surface area contributed by atoms with Crippen LogP contribution in [0.15, 0.2) is 47.4 Å². The normalized spacial score (nSPS) is 11.5. The first-order valence-corrected chi connectivity index (χ1v) is 9.51. The van der Waals surface area contributed by atoms with Crippen LogP contribution in [0.5, 0.6) is 0 Å². The van der Waals surface area contributed by atoms with Crippen molar-refractivity contribution in [3.63, 3.8) is 0 Å². The van der Waals surface area contributed by atoms with Crippen LogP contribution in [0.4, 0.5) is 11.4 Å². The number of hydrogen-bond donors (Lipinski definition) is 2. The zero-order valence-corrected chi connectivity index (χ0v) is 15.4. The van der Waals surface area contributed by atoms with Crippen LogP contribution in [-0.4, -0.2) is 31.7 Å². The molecule has 0 unspecified atom stereocenters. The van der Waals surface area contributed by atoms with Gasteiger partial charge in [-0.05, 0) is 36.8 Å². The molecule has 0 atom stereocenters. The van der Waals surface area contributed by atoms with Crippen LogP contribution in [0.1, 0.15) is 29.8 Å². The van der Waals surface area contributed by atoms with Gasteiger partial charge in [0.25, 0.3) is 5.91 Å². The molecule has 2 aromatic carbocycles. The van der Waals surface area contributed by atoms with Crippen LogP contribution in [0.2, 0.25) is 0 Å². The number of carbonyl (C=O) groups excluding carboxylic acids is 1. The van der Waals surface area contributed by atoms with Crippen LogP contribution in [0.25, 0.3) is 0 Å². The SMILES string of the molecule is CCN(CC)S(=O)(=O)c1cc(C(=O)Nc2ccccc2N)ccc1C. The van der Waals surface area contributed by atoms with E-state index < -0.39 is 15.9 Å². The Kier molecular flexibility index (Phi) is 5.81. The lowest BCUT2D eigenvalue weighted by atomic mass is 10.1. The first-order valence-electron chi connectivity index (χ1n) is 8.07. The molecule has 0 aliphatic heterocycles. The molecule has 3 N–H and O–H groups in total. The molecule has 0 bridgehead atoms. The molecule has 134 valence electrons. The van der Waals surface area contributed by atoms with Gasteiger partial charge in [-0.1, -0.05) is 32.0 Å². The van der Waals surface area contributed by atoms with Crippen LogP contribution in [0.3, 0.4) is 0 Å². The number of carbonyl (C=O) groups is 1. The third kappa shape index (κ3) is 4.00. The third-order valence-corrected chi connectivity index (χ3v) is 6.17. The second-order valence-corrected chi connectivity index (χ2v) is 7.52. The maximum absolute atomic E-state index is 12.8. The van der Waals surface area contributed by atoms with E-state index in [4.69, 9.17) is 5.73 Å². The van der Waals surface area contributed by atoms with Crippen LogP contribution >= 0.6 is 0 Å². The Morgan fingerprint density at radius 1 is 1.12 bits per heavy atom. The molecule has 6 nitrogen and oxygen atoms in total. The van der Waals surface area contributed by atoms with Gasteiger partial charge < -0.3 is 11.1 Å². The Bertz CT molecular complexity index is 875. The molecule has 1 amide bonds. The van der Waals surface area contributed by atoms with E-state index in [0.29, 0.717) is 30.0 Å². The molecule has 2 aromatic rings.